The van der Waals surface area contributed by atoms with E-state index in [0.29, 0.717) is 56.3 Å². The van der Waals surface area contributed by atoms with Crippen LogP contribution in [0.3, 0.4) is 0 Å². The monoisotopic (exact) mass is 911 g/mol. The van der Waals surface area contributed by atoms with Crippen molar-refractivity contribution < 1.29 is 38.1 Å². The Kier molecular flexibility index (Phi) is 13.1. The van der Waals surface area contributed by atoms with E-state index >= 15 is 0 Å². The van der Waals surface area contributed by atoms with Crippen molar-refractivity contribution in [1.29, 1.82) is 0 Å². The molecule has 65 heavy (non-hydrogen) atoms. The summed E-state index contributed by atoms with van der Waals surface area (Å²) in [5.41, 5.74) is 14.6. The van der Waals surface area contributed by atoms with Gasteiger partial charge in [0, 0.05) is 36.0 Å². The summed E-state index contributed by atoms with van der Waals surface area (Å²) >= 11 is 12.2. The molecule has 6 aromatic rings. The summed E-state index contributed by atoms with van der Waals surface area (Å²) in [6, 6.07) is 29.0. The summed E-state index contributed by atoms with van der Waals surface area (Å²) < 4.78 is 24.8. The number of nitrogens with zero attached hydrogens (tertiary/aromatic N) is 1. The standard InChI is InChI=1S/C52H47Cl2N3O8/c1-5-8-39(29(2)31(4)55)34-14-11-32(12-15-34)22-43(52(60)61)56-50(58)44-23-36-24-46-47(25-37(36)26-57(44)51(59)49-30(3)40-9-6-7-10-45(40)65-49)64-48(28-63-46)35-16-18-38(19-17-35)62-27-33-13-20-41(53)42(54)21-33/h5-21,24-25,43-44,48H,1,22-23,26-28,55H2,2-4H3,(H,56,58)(H,60,61)/b31-29-,39-8+/t43-,44-,48+/m0/s1. The molecule has 0 bridgehead atoms. The van der Waals surface area contributed by atoms with Gasteiger partial charge in [0.2, 0.25) is 5.91 Å². The SMILES string of the molecule is C=C/C=C(\C(C)=C(\C)N)c1ccc(C[C@H](NC(=O)[C@@H]2Cc3cc4c(cc3CN2C(=O)c2oc3ccccc3c2C)O[C@@H](c2ccc(OCc3ccc(Cl)c(Cl)c3)cc2)CO4)C(=O)O)cc1. The molecule has 5 aromatic carbocycles. The van der Waals surface area contributed by atoms with Gasteiger partial charge in [0.05, 0.1) is 10.0 Å². The number of ether oxygens (including phenoxy) is 3. The number of carbonyl (C=O) groups is 3. The van der Waals surface area contributed by atoms with Gasteiger partial charge in [0.15, 0.2) is 23.4 Å². The highest BCUT2D eigenvalue weighted by molar-refractivity contribution is 6.42. The number of nitrogens with two attached hydrogens (primary N) is 1. The first-order chi connectivity index (χ1) is 31.3. The van der Waals surface area contributed by atoms with E-state index in [0.717, 1.165) is 44.3 Å². The van der Waals surface area contributed by atoms with Gasteiger partial charge >= 0.3 is 5.97 Å². The molecule has 13 heteroatoms. The highest BCUT2D eigenvalue weighted by atomic mass is 35.5. The van der Waals surface area contributed by atoms with Crippen LogP contribution in [0.5, 0.6) is 17.2 Å². The fourth-order valence-corrected chi connectivity index (χ4v) is 8.46. The van der Waals surface area contributed by atoms with E-state index in [1.807, 2.05) is 105 Å². The number of aryl methyl sites for hydroxylation is 1. The maximum Gasteiger partial charge on any atom is 0.326 e. The normalized spacial score (nSPS) is 16.6. The number of rotatable bonds is 13. The van der Waals surface area contributed by atoms with Crippen molar-refractivity contribution in [1.82, 2.24) is 10.2 Å². The van der Waals surface area contributed by atoms with Gasteiger partial charge in [-0.05, 0) is 108 Å². The van der Waals surface area contributed by atoms with Gasteiger partial charge in [-0.25, -0.2) is 4.79 Å². The molecule has 3 heterocycles. The van der Waals surface area contributed by atoms with Crippen LogP contribution >= 0.6 is 23.2 Å². The third-order valence-electron chi connectivity index (χ3n) is 11.9. The molecule has 0 unspecified atom stereocenters. The van der Waals surface area contributed by atoms with E-state index in [-0.39, 0.29) is 31.8 Å². The number of hydrogen-bond acceptors (Lipinski definition) is 8. The number of halogens is 2. The van der Waals surface area contributed by atoms with Crippen LogP contribution in [0.25, 0.3) is 16.5 Å². The molecule has 11 nitrogen and oxygen atoms in total. The molecule has 2 amide bonds. The Balaban J connectivity index is 1.02. The van der Waals surface area contributed by atoms with Crippen LogP contribution in [0.4, 0.5) is 0 Å². The molecule has 2 aliphatic rings. The minimum Gasteiger partial charge on any atom is -0.489 e. The lowest BCUT2D eigenvalue weighted by molar-refractivity contribution is -0.142. The Hall–Kier alpha value is -6.95. The van der Waals surface area contributed by atoms with E-state index in [1.54, 1.807) is 31.2 Å². The number of allylic oxidation sites excluding steroid dienone is 5. The van der Waals surface area contributed by atoms with E-state index in [9.17, 15) is 19.5 Å². The van der Waals surface area contributed by atoms with Crippen molar-refractivity contribution in [3.05, 3.63) is 188 Å². The van der Waals surface area contributed by atoms with E-state index in [4.69, 9.17) is 47.6 Å². The Morgan fingerprint density at radius 1 is 0.938 bits per heavy atom. The molecule has 8 rings (SSSR count). The summed E-state index contributed by atoms with van der Waals surface area (Å²) in [4.78, 5) is 43.2. The minimum absolute atomic E-state index is 0.000860. The number of carboxylic acid groups (broad SMARTS) is 1. The van der Waals surface area contributed by atoms with E-state index in [1.165, 1.54) is 4.90 Å². The number of amides is 2. The topological polar surface area (TPSA) is 154 Å². The number of carboxylic acids is 1. The van der Waals surface area contributed by atoms with Gasteiger partial charge in [-0.2, -0.15) is 0 Å². The zero-order valence-corrected chi connectivity index (χ0v) is 37.5. The molecule has 0 spiro atoms. The predicted molar refractivity (Wildman–Crippen MR) is 251 cm³/mol. The van der Waals surface area contributed by atoms with Crippen LogP contribution in [0.15, 0.2) is 138 Å². The number of furan rings is 1. The van der Waals surface area contributed by atoms with Gasteiger partial charge in [0.1, 0.15) is 36.6 Å². The molecule has 0 saturated carbocycles. The number of aliphatic carboxylic acids is 1. The second kappa shape index (κ2) is 19.0. The lowest BCUT2D eigenvalue weighted by atomic mass is 9.91. The Morgan fingerprint density at radius 2 is 1.66 bits per heavy atom. The second-order valence-corrected chi connectivity index (χ2v) is 17.0. The first-order valence-corrected chi connectivity index (χ1v) is 21.8. The smallest absolute Gasteiger partial charge is 0.326 e. The number of para-hydroxylation sites is 1. The largest absolute Gasteiger partial charge is 0.489 e. The summed E-state index contributed by atoms with van der Waals surface area (Å²) in [6.07, 6.45) is 3.21. The molecular weight excluding hydrogens is 865 g/mol. The fraction of sp³-hybridized carbons (Fsp3) is 0.212. The Bertz CT molecular complexity index is 2880. The minimum atomic E-state index is -1.30. The lowest BCUT2D eigenvalue weighted by Gasteiger charge is -2.37. The molecule has 332 valence electrons. The number of benzene rings is 5. The zero-order chi connectivity index (χ0) is 45.9. The highest BCUT2D eigenvalue weighted by Crippen LogP contribution is 2.41. The van der Waals surface area contributed by atoms with Crippen molar-refractivity contribution in [2.45, 2.75) is 65.0 Å². The van der Waals surface area contributed by atoms with Crippen molar-refractivity contribution in [2.75, 3.05) is 6.61 Å². The summed E-state index contributed by atoms with van der Waals surface area (Å²) in [7, 11) is 0. The first kappa shape index (κ1) is 44.6. The number of nitrogens with one attached hydrogen (secondary N) is 1. The van der Waals surface area contributed by atoms with Crippen molar-refractivity contribution in [2.24, 2.45) is 5.73 Å². The molecule has 0 saturated heterocycles. The van der Waals surface area contributed by atoms with Gasteiger partial charge < -0.3 is 39.7 Å². The summed E-state index contributed by atoms with van der Waals surface area (Å²) in [5, 5.41) is 14.9. The van der Waals surface area contributed by atoms with Crippen LogP contribution in [-0.2, 0) is 35.6 Å². The summed E-state index contributed by atoms with van der Waals surface area (Å²) in [5.74, 6) is -0.575. The quantitative estimate of drug-likeness (QED) is 0.0961. The van der Waals surface area contributed by atoms with E-state index < -0.39 is 36.0 Å². The highest BCUT2D eigenvalue weighted by Gasteiger charge is 2.40. The summed E-state index contributed by atoms with van der Waals surface area (Å²) in [6.45, 7) is 9.94. The van der Waals surface area contributed by atoms with Gasteiger partial charge in [-0.15, -0.1) is 0 Å². The molecule has 0 fully saturated rings. The van der Waals surface area contributed by atoms with Crippen molar-refractivity contribution in [3.63, 3.8) is 0 Å². The number of carbonyl (C=O) groups excluding carboxylic acids is 2. The maximum atomic E-state index is 14.6. The maximum absolute atomic E-state index is 14.6. The van der Waals surface area contributed by atoms with Crippen LogP contribution in [-0.4, -0.2) is 46.5 Å². The van der Waals surface area contributed by atoms with E-state index in [2.05, 4.69) is 11.9 Å². The Morgan fingerprint density at radius 3 is 2.35 bits per heavy atom. The molecular formula is C52H47Cl2N3O8. The average Bonchev–Trinajstić information content (AvgIpc) is 3.65. The third-order valence-corrected chi connectivity index (χ3v) is 12.6. The first-order valence-electron chi connectivity index (χ1n) is 21.1. The van der Waals surface area contributed by atoms with Crippen LogP contribution < -0.4 is 25.3 Å². The fourth-order valence-electron chi connectivity index (χ4n) is 8.14. The zero-order valence-electron chi connectivity index (χ0n) is 36.0. The predicted octanol–water partition coefficient (Wildman–Crippen LogP) is 10.3. The average molecular weight is 913 g/mol. The van der Waals surface area contributed by atoms with Crippen LogP contribution in [0, 0.1) is 6.92 Å². The Labute approximate surface area is 386 Å². The van der Waals surface area contributed by atoms with Gasteiger partial charge in [-0.3, -0.25) is 9.59 Å². The van der Waals surface area contributed by atoms with Crippen LogP contribution in [0.1, 0.15) is 69.5 Å². The van der Waals surface area contributed by atoms with Gasteiger partial charge in [0.25, 0.3) is 5.91 Å². The molecule has 0 radical (unpaired) electrons. The second-order valence-electron chi connectivity index (χ2n) is 16.2. The number of hydrogen-bond donors (Lipinski definition) is 3. The molecule has 3 atom stereocenters. The molecule has 1 aromatic heterocycles. The van der Waals surface area contributed by atoms with Crippen LogP contribution in [0.2, 0.25) is 10.0 Å². The lowest BCUT2D eigenvalue weighted by Crippen LogP contribution is -2.56. The van der Waals surface area contributed by atoms with Crippen molar-refractivity contribution >= 4 is 57.5 Å². The molecule has 2 aliphatic heterocycles. The molecule has 4 N–H and O–H groups in total. The van der Waals surface area contributed by atoms with Gasteiger partial charge in [-0.1, -0.05) is 103 Å². The molecule has 0 aliphatic carbocycles. The number of fused-ring (bicyclic) bond motifs is 3. The van der Waals surface area contributed by atoms with Crippen molar-refractivity contribution in [3.8, 4) is 17.2 Å². The third kappa shape index (κ3) is 9.62.